The topological polar surface area (TPSA) is 70.6 Å². The van der Waals surface area contributed by atoms with E-state index in [4.69, 9.17) is 4.74 Å². The van der Waals surface area contributed by atoms with Gasteiger partial charge in [-0.05, 0) is 31.9 Å². The van der Waals surface area contributed by atoms with Gasteiger partial charge in [-0.2, -0.15) is 0 Å². The van der Waals surface area contributed by atoms with Crippen LogP contribution in [0.25, 0.3) is 0 Å². The van der Waals surface area contributed by atoms with E-state index in [2.05, 4.69) is 17.6 Å². The fourth-order valence-electron chi connectivity index (χ4n) is 2.54. The Labute approximate surface area is 119 Å². The van der Waals surface area contributed by atoms with E-state index in [0.29, 0.717) is 24.4 Å². The van der Waals surface area contributed by atoms with Crippen LogP contribution in [0.1, 0.15) is 36.5 Å². The fourth-order valence-corrected chi connectivity index (χ4v) is 2.54. The van der Waals surface area contributed by atoms with Gasteiger partial charge in [-0.1, -0.05) is 6.42 Å². The number of methoxy groups -OCH3 is 1. The Balaban J connectivity index is 1.91. The molecule has 0 bridgehead atoms. The largest absolute Gasteiger partial charge is 0.507 e. The normalized spacial score (nSPS) is 22.3. The number of benzene rings is 1. The third-order valence-corrected chi connectivity index (χ3v) is 3.67. The molecule has 110 valence electrons. The van der Waals surface area contributed by atoms with Crippen LogP contribution in [0.2, 0.25) is 0 Å². The summed E-state index contributed by atoms with van der Waals surface area (Å²) < 4.78 is 4.99. The van der Waals surface area contributed by atoms with E-state index in [1.165, 1.54) is 26.0 Å². The Morgan fingerprint density at radius 2 is 2.30 bits per heavy atom. The minimum atomic E-state index is -0.259. The Morgan fingerprint density at radius 3 is 2.95 bits per heavy atom. The average molecular weight is 278 g/mol. The molecule has 5 heteroatoms. The van der Waals surface area contributed by atoms with Crippen molar-refractivity contribution in [2.24, 2.45) is 0 Å². The van der Waals surface area contributed by atoms with Gasteiger partial charge in [0.2, 0.25) is 0 Å². The highest BCUT2D eigenvalue weighted by Gasteiger charge is 2.19. The van der Waals surface area contributed by atoms with Gasteiger partial charge in [0.25, 0.3) is 5.91 Å². The van der Waals surface area contributed by atoms with Crippen molar-refractivity contribution >= 4 is 5.91 Å². The van der Waals surface area contributed by atoms with Crippen LogP contribution in [0.4, 0.5) is 0 Å². The molecule has 1 heterocycles. The van der Waals surface area contributed by atoms with Gasteiger partial charge in [0.15, 0.2) is 0 Å². The average Bonchev–Trinajstić information content (AvgIpc) is 2.44. The van der Waals surface area contributed by atoms with E-state index in [1.54, 1.807) is 12.1 Å². The fraction of sp³-hybridized carbons (Fsp3) is 0.533. The van der Waals surface area contributed by atoms with Crippen molar-refractivity contribution in [2.45, 2.75) is 38.3 Å². The summed E-state index contributed by atoms with van der Waals surface area (Å²) in [6, 6.07) is 5.48. The summed E-state index contributed by atoms with van der Waals surface area (Å²) in [4.78, 5) is 12.0. The van der Waals surface area contributed by atoms with Crippen molar-refractivity contribution in [2.75, 3.05) is 13.7 Å². The summed E-state index contributed by atoms with van der Waals surface area (Å²) in [5, 5.41) is 16.1. The molecular formula is C15H22N2O3. The molecule has 2 unspecified atom stereocenters. The smallest absolute Gasteiger partial charge is 0.255 e. The molecule has 1 saturated heterocycles. The number of carbonyl (C=O) groups is 1. The summed E-state index contributed by atoms with van der Waals surface area (Å²) in [5.74, 6) is 0.207. The lowest BCUT2D eigenvalue weighted by atomic mass is 9.99. The van der Waals surface area contributed by atoms with Gasteiger partial charge in [-0.15, -0.1) is 0 Å². The molecule has 20 heavy (non-hydrogen) atoms. The van der Waals surface area contributed by atoms with Crippen LogP contribution in [-0.4, -0.2) is 36.8 Å². The number of amides is 1. The Kier molecular flexibility index (Phi) is 4.84. The van der Waals surface area contributed by atoms with Gasteiger partial charge in [-0.25, -0.2) is 0 Å². The van der Waals surface area contributed by atoms with Crippen LogP contribution < -0.4 is 15.4 Å². The van der Waals surface area contributed by atoms with E-state index >= 15 is 0 Å². The van der Waals surface area contributed by atoms with Crippen LogP contribution >= 0.6 is 0 Å². The third-order valence-electron chi connectivity index (χ3n) is 3.67. The molecule has 1 amide bonds. The van der Waals surface area contributed by atoms with Crippen molar-refractivity contribution in [3.8, 4) is 11.5 Å². The number of hydrogen-bond donors (Lipinski definition) is 3. The highest BCUT2D eigenvalue weighted by molar-refractivity contribution is 5.97. The molecule has 0 saturated carbocycles. The quantitative estimate of drug-likeness (QED) is 0.783. The van der Waals surface area contributed by atoms with E-state index in [9.17, 15) is 9.90 Å². The van der Waals surface area contributed by atoms with Gasteiger partial charge >= 0.3 is 0 Å². The summed E-state index contributed by atoms with van der Waals surface area (Å²) in [7, 11) is 1.52. The summed E-state index contributed by atoms with van der Waals surface area (Å²) in [6.45, 7) is 2.73. The molecule has 1 fully saturated rings. The van der Waals surface area contributed by atoms with Crippen LogP contribution in [0.15, 0.2) is 18.2 Å². The number of aromatic hydroxyl groups is 1. The third kappa shape index (κ3) is 3.63. The van der Waals surface area contributed by atoms with E-state index in [1.807, 2.05) is 0 Å². The van der Waals surface area contributed by atoms with Crippen molar-refractivity contribution in [3.63, 3.8) is 0 Å². The second-order valence-corrected chi connectivity index (χ2v) is 5.29. The van der Waals surface area contributed by atoms with Crippen molar-refractivity contribution < 1.29 is 14.6 Å². The molecule has 0 spiro atoms. The number of nitrogens with one attached hydrogen (secondary N) is 2. The van der Waals surface area contributed by atoms with Crippen molar-refractivity contribution in [1.29, 1.82) is 0 Å². The molecule has 0 radical (unpaired) electrons. The number of phenols is 1. The molecular weight excluding hydrogens is 256 g/mol. The lowest BCUT2D eigenvalue weighted by Gasteiger charge is -2.28. The molecule has 1 aliphatic heterocycles. The number of piperidine rings is 1. The van der Waals surface area contributed by atoms with E-state index in [0.717, 1.165) is 6.42 Å². The second kappa shape index (κ2) is 6.61. The Hall–Kier alpha value is -1.75. The van der Waals surface area contributed by atoms with E-state index in [-0.39, 0.29) is 17.2 Å². The zero-order valence-corrected chi connectivity index (χ0v) is 12.0. The van der Waals surface area contributed by atoms with Gasteiger partial charge < -0.3 is 20.5 Å². The molecule has 0 aromatic heterocycles. The maximum absolute atomic E-state index is 12.0. The molecule has 2 rings (SSSR count). The first-order chi connectivity index (χ1) is 9.60. The van der Waals surface area contributed by atoms with Gasteiger partial charge in [0, 0.05) is 24.7 Å². The van der Waals surface area contributed by atoms with Gasteiger partial charge in [0.05, 0.1) is 12.7 Å². The first kappa shape index (κ1) is 14.7. The minimum Gasteiger partial charge on any atom is -0.507 e. The number of phenolic OH excluding ortho intramolecular Hbond substituents is 1. The van der Waals surface area contributed by atoms with Gasteiger partial charge in [0.1, 0.15) is 11.5 Å². The number of ether oxygens (including phenoxy) is 1. The summed E-state index contributed by atoms with van der Waals surface area (Å²) in [5.41, 5.74) is 0.273. The zero-order chi connectivity index (χ0) is 14.5. The molecule has 1 aromatic rings. The summed E-state index contributed by atoms with van der Waals surface area (Å²) >= 11 is 0. The lowest BCUT2D eigenvalue weighted by molar-refractivity contribution is 0.0943. The lowest BCUT2D eigenvalue weighted by Crippen LogP contribution is -2.47. The first-order valence-electron chi connectivity index (χ1n) is 7.01. The molecule has 1 aromatic carbocycles. The molecule has 3 N–H and O–H groups in total. The predicted octanol–water partition coefficient (Wildman–Crippen LogP) is 1.66. The SMILES string of the molecule is COc1ccc(C(=O)NCC2CCCC(C)N2)c(O)c1. The maximum Gasteiger partial charge on any atom is 0.255 e. The molecule has 1 aliphatic rings. The highest BCUT2D eigenvalue weighted by Crippen LogP contribution is 2.23. The Morgan fingerprint density at radius 1 is 1.50 bits per heavy atom. The monoisotopic (exact) mass is 278 g/mol. The second-order valence-electron chi connectivity index (χ2n) is 5.29. The van der Waals surface area contributed by atoms with Crippen LogP contribution in [0.5, 0.6) is 11.5 Å². The molecule has 0 aliphatic carbocycles. The van der Waals surface area contributed by atoms with Crippen LogP contribution in [-0.2, 0) is 0 Å². The first-order valence-corrected chi connectivity index (χ1v) is 7.01. The highest BCUT2D eigenvalue weighted by atomic mass is 16.5. The van der Waals surface area contributed by atoms with Crippen LogP contribution in [0.3, 0.4) is 0 Å². The number of rotatable bonds is 4. The maximum atomic E-state index is 12.0. The standard InChI is InChI=1S/C15H22N2O3/c1-10-4-3-5-11(17-10)9-16-15(19)13-7-6-12(20-2)8-14(13)18/h6-8,10-11,17-18H,3-5,9H2,1-2H3,(H,16,19). The van der Waals surface area contributed by atoms with Crippen molar-refractivity contribution in [3.05, 3.63) is 23.8 Å². The van der Waals surface area contributed by atoms with Crippen LogP contribution in [0, 0.1) is 0 Å². The van der Waals surface area contributed by atoms with Crippen molar-refractivity contribution in [1.82, 2.24) is 10.6 Å². The minimum absolute atomic E-state index is 0.0631. The summed E-state index contributed by atoms with van der Waals surface area (Å²) in [6.07, 6.45) is 3.44. The number of carbonyl (C=O) groups excluding carboxylic acids is 1. The number of hydrogen-bond acceptors (Lipinski definition) is 4. The molecule has 2 atom stereocenters. The zero-order valence-electron chi connectivity index (χ0n) is 12.0. The van der Waals surface area contributed by atoms with E-state index < -0.39 is 0 Å². The molecule has 5 nitrogen and oxygen atoms in total. The predicted molar refractivity (Wildman–Crippen MR) is 77.2 cm³/mol. The Bertz CT molecular complexity index is 476. The van der Waals surface area contributed by atoms with Gasteiger partial charge in [-0.3, -0.25) is 4.79 Å².